The normalized spacial score (nSPS) is 16.7. The van der Waals surface area contributed by atoms with Crippen LogP contribution in [0.5, 0.6) is 5.75 Å². The molecule has 1 fully saturated rings. The van der Waals surface area contributed by atoms with Crippen LogP contribution < -0.4 is 9.64 Å². The number of morpholine rings is 1. The first-order valence-electron chi connectivity index (χ1n) is 8.33. The standard InChI is InChI=1S/C17H22N2O2.C2H6/c1-12-9-16(20-4)14-10-13(5-6-15(14)18-12)19-7-8-21-17(2,3)11-19;1-2/h5-6,9-10H,7-8,11H2,1-4H3;1-2H3. The summed E-state index contributed by atoms with van der Waals surface area (Å²) in [6.45, 7) is 12.8. The van der Waals surface area contributed by atoms with E-state index in [0.29, 0.717) is 0 Å². The SMILES string of the molecule is CC.COc1cc(C)nc2ccc(N3CCOC(C)(C)C3)cc12. The van der Waals surface area contributed by atoms with Gasteiger partial charge < -0.3 is 14.4 Å². The number of rotatable bonds is 2. The van der Waals surface area contributed by atoms with Crippen LogP contribution in [-0.2, 0) is 4.74 Å². The molecular weight excluding hydrogens is 288 g/mol. The quantitative estimate of drug-likeness (QED) is 0.832. The van der Waals surface area contributed by atoms with E-state index in [4.69, 9.17) is 9.47 Å². The van der Waals surface area contributed by atoms with Crippen molar-refractivity contribution in [3.63, 3.8) is 0 Å². The van der Waals surface area contributed by atoms with E-state index in [1.54, 1.807) is 7.11 Å². The fourth-order valence-corrected chi connectivity index (χ4v) is 2.91. The second-order valence-electron chi connectivity index (χ2n) is 6.20. The fraction of sp³-hybridized carbons (Fsp3) is 0.526. The summed E-state index contributed by atoms with van der Waals surface area (Å²) in [5.74, 6) is 0.881. The Labute approximate surface area is 139 Å². The van der Waals surface area contributed by atoms with Gasteiger partial charge >= 0.3 is 0 Å². The van der Waals surface area contributed by atoms with Crippen LogP contribution >= 0.6 is 0 Å². The van der Waals surface area contributed by atoms with Gasteiger partial charge in [-0.05, 0) is 39.0 Å². The molecule has 1 aliphatic heterocycles. The lowest BCUT2D eigenvalue weighted by Gasteiger charge is -2.39. The monoisotopic (exact) mass is 316 g/mol. The van der Waals surface area contributed by atoms with E-state index in [1.165, 1.54) is 5.69 Å². The molecule has 0 atom stereocenters. The highest BCUT2D eigenvalue weighted by Crippen LogP contribution is 2.31. The van der Waals surface area contributed by atoms with Crippen molar-refractivity contribution in [3.05, 3.63) is 30.0 Å². The number of nitrogens with zero attached hydrogens (tertiary/aromatic N) is 2. The molecule has 1 aromatic carbocycles. The van der Waals surface area contributed by atoms with Gasteiger partial charge in [0.05, 0.1) is 24.8 Å². The van der Waals surface area contributed by atoms with Gasteiger partial charge in [-0.1, -0.05) is 13.8 Å². The van der Waals surface area contributed by atoms with Gasteiger partial charge in [0.1, 0.15) is 5.75 Å². The van der Waals surface area contributed by atoms with E-state index >= 15 is 0 Å². The first-order chi connectivity index (χ1) is 11.0. The summed E-state index contributed by atoms with van der Waals surface area (Å²) < 4.78 is 11.3. The van der Waals surface area contributed by atoms with Gasteiger partial charge in [-0.2, -0.15) is 0 Å². The molecule has 1 aromatic heterocycles. The summed E-state index contributed by atoms with van der Waals surface area (Å²) in [6.07, 6.45) is 0. The van der Waals surface area contributed by atoms with Crippen molar-refractivity contribution >= 4 is 16.6 Å². The minimum absolute atomic E-state index is 0.108. The maximum Gasteiger partial charge on any atom is 0.130 e. The predicted molar refractivity (Wildman–Crippen MR) is 96.6 cm³/mol. The van der Waals surface area contributed by atoms with Crippen LogP contribution in [-0.4, -0.2) is 37.4 Å². The van der Waals surface area contributed by atoms with Gasteiger partial charge in [-0.25, -0.2) is 0 Å². The van der Waals surface area contributed by atoms with Crippen molar-refractivity contribution < 1.29 is 9.47 Å². The summed E-state index contributed by atoms with van der Waals surface area (Å²) in [5.41, 5.74) is 3.04. The van der Waals surface area contributed by atoms with Crippen LogP contribution in [0.1, 0.15) is 33.4 Å². The van der Waals surface area contributed by atoms with Gasteiger partial charge in [-0.3, -0.25) is 4.98 Å². The second kappa shape index (κ2) is 7.18. The maximum absolute atomic E-state index is 5.79. The number of methoxy groups -OCH3 is 1. The Morgan fingerprint density at radius 3 is 2.61 bits per heavy atom. The van der Waals surface area contributed by atoms with E-state index < -0.39 is 0 Å². The Morgan fingerprint density at radius 1 is 1.22 bits per heavy atom. The Kier molecular flexibility index (Phi) is 5.47. The number of hydrogen-bond acceptors (Lipinski definition) is 4. The van der Waals surface area contributed by atoms with Gasteiger partial charge in [0.15, 0.2) is 0 Å². The minimum atomic E-state index is -0.108. The highest BCUT2D eigenvalue weighted by Gasteiger charge is 2.27. The number of hydrogen-bond donors (Lipinski definition) is 0. The van der Waals surface area contributed by atoms with Gasteiger partial charge in [0, 0.05) is 35.9 Å². The van der Waals surface area contributed by atoms with Crippen LogP contribution in [0, 0.1) is 6.92 Å². The minimum Gasteiger partial charge on any atom is -0.496 e. The summed E-state index contributed by atoms with van der Waals surface area (Å²) in [5, 5.41) is 1.06. The van der Waals surface area contributed by atoms with E-state index in [-0.39, 0.29) is 5.60 Å². The molecule has 0 radical (unpaired) electrons. The Morgan fingerprint density at radius 2 is 1.96 bits per heavy atom. The third-order valence-corrected chi connectivity index (χ3v) is 3.89. The molecule has 2 heterocycles. The molecule has 126 valence electrons. The van der Waals surface area contributed by atoms with Crippen molar-refractivity contribution in [3.8, 4) is 5.75 Å². The lowest BCUT2D eigenvalue weighted by atomic mass is 10.1. The molecule has 3 rings (SSSR count). The van der Waals surface area contributed by atoms with Gasteiger partial charge in [0.25, 0.3) is 0 Å². The lowest BCUT2D eigenvalue weighted by Crippen LogP contribution is -2.48. The number of aryl methyl sites for hydroxylation is 1. The molecule has 1 aliphatic rings. The second-order valence-corrected chi connectivity index (χ2v) is 6.20. The van der Waals surface area contributed by atoms with Crippen LogP contribution in [0.3, 0.4) is 0 Å². The number of fused-ring (bicyclic) bond motifs is 1. The fourth-order valence-electron chi connectivity index (χ4n) is 2.91. The van der Waals surface area contributed by atoms with Crippen molar-refractivity contribution in [2.45, 2.75) is 40.2 Å². The molecule has 0 saturated carbocycles. The zero-order valence-electron chi connectivity index (χ0n) is 15.1. The van der Waals surface area contributed by atoms with E-state index in [2.05, 4.69) is 41.9 Å². The molecule has 0 aliphatic carbocycles. The molecule has 0 N–H and O–H groups in total. The predicted octanol–water partition coefficient (Wildman–Crippen LogP) is 4.19. The molecule has 23 heavy (non-hydrogen) atoms. The highest BCUT2D eigenvalue weighted by atomic mass is 16.5. The highest BCUT2D eigenvalue weighted by molar-refractivity contribution is 5.88. The van der Waals surface area contributed by atoms with Crippen LogP contribution in [0.2, 0.25) is 0 Å². The van der Waals surface area contributed by atoms with E-state index in [9.17, 15) is 0 Å². The molecule has 4 heteroatoms. The summed E-state index contributed by atoms with van der Waals surface area (Å²) in [4.78, 5) is 6.94. The molecule has 0 amide bonds. The zero-order chi connectivity index (χ0) is 17.0. The largest absolute Gasteiger partial charge is 0.496 e. The Hall–Kier alpha value is -1.81. The van der Waals surface area contributed by atoms with E-state index in [0.717, 1.165) is 42.0 Å². The molecular formula is C19H28N2O2. The molecule has 2 aromatic rings. The number of ether oxygens (including phenoxy) is 2. The van der Waals surface area contributed by atoms with Crippen molar-refractivity contribution in [1.29, 1.82) is 0 Å². The van der Waals surface area contributed by atoms with Crippen molar-refractivity contribution in [2.24, 2.45) is 0 Å². The van der Waals surface area contributed by atoms with Gasteiger partial charge in [-0.15, -0.1) is 0 Å². The molecule has 0 unspecified atom stereocenters. The Balaban J connectivity index is 0.000000924. The first-order valence-corrected chi connectivity index (χ1v) is 8.33. The lowest BCUT2D eigenvalue weighted by molar-refractivity contribution is -0.0276. The van der Waals surface area contributed by atoms with Crippen molar-refractivity contribution in [2.75, 3.05) is 31.7 Å². The summed E-state index contributed by atoms with van der Waals surface area (Å²) >= 11 is 0. The third-order valence-electron chi connectivity index (χ3n) is 3.89. The third kappa shape index (κ3) is 3.94. The molecule has 0 spiro atoms. The molecule has 0 bridgehead atoms. The van der Waals surface area contributed by atoms with Crippen LogP contribution in [0.25, 0.3) is 10.9 Å². The summed E-state index contributed by atoms with van der Waals surface area (Å²) in [6, 6.07) is 8.36. The first kappa shape index (κ1) is 17.5. The number of aromatic nitrogens is 1. The maximum atomic E-state index is 5.79. The average Bonchev–Trinajstić information content (AvgIpc) is 2.54. The smallest absolute Gasteiger partial charge is 0.130 e. The van der Waals surface area contributed by atoms with Crippen molar-refractivity contribution in [1.82, 2.24) is 4.98 Å². The van der Waals surface area contributed by atoms with Crippen LogP contribution in [0.15, 0.2) is 24.3 Å². The molecule has 4 nitrogen and oxygen atoms in total. The van der Waals surface area contributed by atoms with Crippen LogP contribution in [0.4, 0.5) is 5.69 Å². The summed E-state index contributed by atoms with van der Waals surface area (Å²) in [7, 11) is 1.71. The average molecular weight is 316 g/mol. The number of benzene rings is 1. The number of anilines is 1. The topological polar surface area (TPSA) is 34.6 Å². The molecule has 1 saturated heterocycles. The Bertz CT molecular complexity index is 668. The van der Waals surface area contributed by atoms with E-state index in [1.807, 2.05) is 26.8 Å². The number of pyridine rings is 1. The zero-order valence-corrected chi connectivity index (χ0v) is 15.1. The van der Waals surface area contributed by atoms with Gasteiger partial charge in [0.2, 0.25) is 0 Å².